The lowest BCUT2D eigenvalue weighted by Gasteiger charge is -2.19. The Balaban J connectivity index is 1.89. The Kier molecular flexibility index (Phi) is 4.57. The number of benzene rings is 1. The quantitative estimate of drug-likeness (QED) is 0.847. The molecular weight excluding hydrogens is 210 g/mol. The molecular formula is C15H23NO. The number of hydrogen-bond donors (Lipinski definition) is 1. The summed E-state index contributed by atoms with van der Waals surface area (Å²) in [5.41, 5.74) is 8.29. The lowest BCUT2D eigenvalue weighted by Crippen LogP contribution is -2.18. The van der Waals surface area contributed by atoms with E-state index in [4.69, 9.17) is 10.5 Å². The van der Waals surface area contributed by atoms with Gasteiger partial charge in [0.2, 0.25) is 0 Å². The van der Waals surface area contributed by atoms with Crippen molar-refractivity contribution in [2.75, 3.05) is 13.2 Å². The normalized spacial score (nSPS) is 18.5. The van der Waals surface area contributed by atoms with Gasteiger partial charge in [-0.05, 0) is 31.2 Å². The highest BCUT2D eigenvalue weighted by Gasteiger charge is 2.18. The van der Waals surface area contributed by atoms with Crippen LogP contribution in [0.3, 0.4) is 0 Å². The van der Waals surface area contributed by atoms with Gasteiger partial charge in [-0.2, -0.15) is 0 Å². The first-order valence-corrected chi connectivity index (χ1v) is 6.68. The molecule has 0 amide bonds. The summed E-state index contributed by atoms with van der Waals surface area (Å²) in [7, 11) is 0. The average molecular weight is 233 g/mol. The average Bonchev–Trinajstić information content (AvgIpc) is 2.85. The van der Waals surface area contributed by atoms with E-state index < -0.39 is 0 Å². The zero-order chi connectivity index (χ0) is 12.1. The molecule has 1 fully saturated rings. The molecule has 1 aromatic rings. The predicted molar refractivity (Wildman–Crippen MR) is 70.9 cm³/mol. The molecule has 2 heteroatoms. The highest BCUT2D eigenvalue weighted by Crippen LogP contribution is 2.27. The first-order valence-electron chi connectivity index (χ1n) is 6.68. The van der Waals surface area contributed by atoms with Crippen LogP contribution >= 0.6 is 0 Å². The molecule has 1 unspecified atom stereocenters. The Morgan fingerprint density at radius 3 is 2.47 bits per heavy atom. The molecule has 0 radical (unpaired) electrons. The molecule has 0 saturated heterocycles. The van der Waals surface area contributed by atoms with Crippen molar-refractivity contribution in [2.24, 2.45) is 11.7 Å². The van der Waals surface area contributed by atoms with Crippen LogP contribution in [0, 0.1) is 12.8 Å². The molecule has 1 atom stereocenters. The van der Waals surface area contributed by atoms with E-state index >= 15 is 0 Å². The predicted octanol–water partition coefficient (Wildman–Crippen LogP) is 3.20. The van der Waals surface area contributed by atoms with Crippen molar-refractivity contribution in [1.29, 1.82) is 0 Å². The summed E-state index contributed by atoms with van der Waals surface area (Å²) in [5, 5.41) is 0. The molecule has 17 heavy (non-hydrogen) atoms. The van der Waals surface area contributed by atoms with E-state index in [1.807, 2.05) is 0 Å². The molecule has 0 bridgehead atoms. The van der Waals surface area contributed by atoms with Crippen LogP contribution in [0.2, 0.25) is 0 Å². The van der Waals surface area contributed by atoms with Crippen molar-refractivity contribution in [1.82, 2.24) is 0 Å². The Labute approximate surface area is 104 Å². The SMILES string of the molecule is Cc1ccc(C(CN)OCC2CCCC2)cc1. The van der Waals surface area contributed by atoms with Gasteiger partial charge in [-0.25, -0.2) is 0 Å². The molecule has 94 valence electrons. The van der Waals surface area contributed by atoms with E-state index in [2.05, 4.69) is 31.2 Å². The summed E-state index contributed by atoms with van der Waals surface area (Å²) < 4.78 is 5.98. The molecule has 2 rings (SSSR count). The maximum Gasteiger partial charge on any atom is 0.0947 e. The van der Waals surface area contributed by atoms with Gasteiger partial charge in [-0.15, -0.1) is 0 Å². The van der Waals surface area contributed by atoms with Crippen LogP contribution in [0.4, 0.5) is 0 Å². The minimum Gasteiger partial charge on any atom is -0.372 e. The van der Waals surface area contributed by atoms with Gasteiger partial charge in [0.05, 0.1) is 12.7 Å². The van der Waals surface area contributed by atoms with Crippen LogP contribution in [0.5, 0.6) is 0 Å². The first-order chi connectivity index (χ1) is 8.29. The van der Waals surface area contributed by atoms with Gasteiger partial charge < -0.3 is 10.5 Å². The van der Waals surface area contributed by atoms with Crippen molar-refractivity contribution in [2.45, 2.75) is 38.7 Å². The van der Waals surface area contributed by atoms with E-state index in [0.29, 0.717) is 6.54 Å². The molecule has 1 aliphatic carbocycles. The lowest BCUT2D eigenvalue weighted by molar-refractivity contribution is 0.0346. The van der Waals surface area contributed by atoms with Gasteiger partial charge in [0.15, 0.2) is 0 Å². The summed E-state index contributed by atoms with van der Waals surface area (Å²) in [6.07, 6.45) is 5.45. The maximum absolute atomic E-state index is 5.98. The van der Waals surface area contributed by atoms with Crippen LogP contribution in [0.15, 0.2) is 24.3 Å². The van der Waals surface area contributed by atoms with E-state index in [-0.39, 0.29) is 6.10 Å². The molecule has 0 spiro atoms. The number of aryl methyl sites for hydroxylation is 1. The number of nitrogens with two attached hydrogens (primary N) is 1. The number of rotatable bonds is 5. The van der Waals surface area contributed by atoms with Crippen molar-refractivity contribution in [3.8, 4) is 0 Å². The third-order valence-corrected chi connectivity index (χ3v) is 3.67. The largest absolute Gasteiger partial charge is 0.372 e. The summed E-state index contributed by atoms with van der Waals surface area (Å²) in [6.45, 7) is 3.53. The van der Waals surface area contributed by atoms with E-state index in [1.54, 1.807) is 0 Å². The fraction of sp³-hybridized carbons (Fsp3) is 0.600. The molecule has 2 N–H and O–H groups in total. The Morgan fingerprint density at radius 1 is 1.24 bits per heavy atom. The van der Waals surface area contributed by atoms with Crippen LogP contribution < -0.4 is 5.73 Å². The summed E-state index contributed by atoms with van der Waals surface area (Å²) in [6, 6.07) is 8.50. The molecule has 0 aliphatic heterocycles. The topological polar surface area (TPSA) is 35.2 Å². The van der Waals surface area contributed by atoms with Crippen molar-refractivity contribution in [3.05, 3.63) is 35.4 Å². The highest BCUT2D eigenvalue weighted by molar-refractivity contribution is 5.23. The van der Waals surface area contributed by atoms with E-state index in [0.717, 1.165) is 12.5 Å². The second-order valence-corrected chi connectivity index (χ2v) is 5.12. The second kappa shape index (κ2) is 6.18. The fourth-order valence-corrected chi connectivity index (χ4v) is 2.51. The molecule has 0 heterocycles. The summed E-state index contributed by atoms with van der Waals surface area (Å²) in [5.74, 6) is 0.759. The smallest absolute Gasteiger partial charge is 0.0947 e. The minimum absolute atomic E-state index is 0.0659. The number of hydrogen-bond acceptors (Lipinski definition) is 2. The molecule has 1 aromatic carbocycles. The maximum atomic E-state index is 5.98. The van der Waals surface area contributed by atoms with E-state index in [9.17, 15) is 0 Å². The first kappa shape index (κ1) is 12.6. The third-order valence-electron chi connectivity index (χ3n) is 3.67. The van der Waals surface area contributed by atoms with Crippen LogP contribution in [-0.4, -0.2) is 13.2 Å². The zero-order valence-electron chi connectivity index (χ0n) is 10.7. The van der Waals surface area contributed by atoms with Crippen molar-refractivity contribution in [3.63, 3.8) is 0 Å². The minimum atomic E-state index is 0.0659. The molecule has 2 nitrogen and oxygen atoms in total. The van der Waals surface area contributed by atoms with E-state index in [1.165, 1.54) is 36.8 Å². The van der Waals surface area contributed by atoms with Crippen molar-refractivity contribution >= 4 is 0 Å². The van der Waals surface area contributed by atoms with Crippen LogP contribution in [0.25, 0.3) is 0 Å². The van der Waals surface area contributed by atoms with Gasteiger partial charge in [-0.3, -0.25) is 0 Å². The lowest BCUT2D eigenvalue weighted by atomic mass is 10.1. The number of ether oxygens (including phenoxy) is 1. The summed E-state index contributed by atoms with van der Waals surface area (Å²) >= 11 is 0. The fourth-order valence-electron chi connectivity index (χ4n) is 2.51. The standard InChI is InChI=1S/C15H23NO/c1-12-6-8-14(9-7-12)15(10-16)17-11-13-4-2-3-5-13/h6-9,13,15H,2-5,10-11,16H2,1H3. The third kappa shape index (κ3) is 3.55. The van der Waals surface area contributed by atoms with Gasteiger partial charge in [0.1, 0.15) is 0 Å². The summed E-state index contributed by atoms with van der Waals surface area (Å²) in [4.78, 5) is 0. The Morgan fingerprint density at radius 2 is 1.88 bits per heavy atom. The highest BCUT2D eigenvalue weighted by atomic mass is 16.5. The van der Waals surface area contributed by atoms with Crippen LogP contribution in [0.1, 0.15) is 42.9 Å². The van der Waals surface area contributed by atoms with Gasteiger partial charge in [0.25, 0.3) is 0 Å². The monoisotopic (exact) mass is 233 g/mol. The second-order valence-electron chi connectivity index (χ2n) is 5.12. The Hall–Kier alpha value is -0.860. The molecule has 1 saturated carbocycles. The molecule has 0 aromatic heterocycles. The van der Waals surface area contributed by atoms with Crippen molar-refractivity contribution < 1.29 is 4.74 Å². The van der Waals surface area contributed by atoms with Gasteiger partial charge in [-0.1, -0.05) is 42.7 Å². The van der Waals surface area contributed by atoms with Gasteiger partial charge in [0, 0.05) is 6.54 Å². The Bertz CT molecular complexity index is 327. The van der Waals surface area contributed by atoms with Crippen LogP contribution in [-0.2, 0) is 4.74 Å². The zero-order valence-corrected chi connectivity index (χ0v) is 10.7. The molecule has 1 aliphatic rings. The van der Waals surface area contributed by atoms with Gasteiger partial charge >= 0.3 is 0 Å².